The highest BCUT2D eigenvalue weighted by Gasteiger charge is 2.36. The van der Waals surface area contributed by atoms with E-state index < -0.39 is 16.1 Å². The number of aromatic nitrogens is 1. The van der Waals surface area contributed by atoms with Crippen molar-refractivity contribution >= 4 is 50.6 Å². The number of hydrogen-bond acceptors (Lipinski definition) is 7. The number of halogens is 2. The quantitative estimate of drug-likeness (QED) is 0.502. The number of likely N-dealkylation sites (tertiary alicyclic amines) is 1. The first kappa shape index (κ1) is 27.9. The van der Waals surface area contributed by atoms with E-state index in [2.05, 4.69) is 31.3 Å². The minimum atomic E-state index is -3.40. The summed E-state index contributed by atoms with van der Waals surface area (Å²) < 4.78 is 25.4. The van der Waals surface area contributed by atoms with E-state index in [0.717, 1.165) is 63.8 Å². The van der Waals surface area contributed by atoms with Gasteiger partial charge in [0.05, 0.1) is 23.2 Å². The summed E-state index contributed by atoms with van der Waals surface area (Å²) >= 11 is 12.5. The first-order valence-corrected chi connectivity index (χ1v) is 15.1. The molecule has 1 unspecified atom stereocenters. The van der Waals surface area contributed by atoms with E-state index >= 15 is 0 Å². The van der Waals surface area contributed by atoms with Gasteiger partial charge in [0.2, 0.25) is 15.9 Å². The van der Waals surface area contributed by atoms with Gasteiger partial charge in [0, 0.05) is 49.8 Å². The van der Waals surface area contributed by atoms with Crippen LogP contribution in [-0.4, -0.2) is 80.2 Å². The van der Waals surface area contributed by atoms with Crippen molar-refractivity contribution in [2.24, 2.45) is 5.73 Å². The zero-order valence-electron chi connectivity index (χ0n) is 21.1. The lowest BCUT2D eigenvalue weighted by molar-refractivity contribution is -0.124. The van der Waals surface area contributed by atoms with Gasteiger partial charge < -0.3 is 10.6 Å². The first-order valence-electron chi connectivity index (χ1n) is 12.5. The smallest absolute Gasteiger partial charge is 0.239 e. The molecule has 2 fully saturated rings. The molecule has 0 saturated carbocycles. The van der Waals surface area contributed by atoms with E-state index in [0.29, 0.717) is 33.6 Å². The highest BCUT2D eigenvalue weighted by atomic mass is 35.5. The molecular formula is C25H34Cl2N6O3S. The van der Waals surface area contributed by atoms with Crippen molar-refractivity contribution in [2.45, 2.75) is 44.3 Å². The number of nitrogens with two attached hydrogens (primary N) is 1. The second-order valence-corrected chi connectivity index (χ2v) is 12.4. The Hall–Kier alpha value is -2.11. The summed E-state index contributed by atoms with van der Waals surface area (Å²) in [5.41, 5.74) is 7.02. The fraction of sp³-hybridized carbons (Fsp3) is 0.520. The molecule has 0 aliphatic carbocycles. The number of pyridine rings is 1. The topological polar surface area (TPSA) is 112 Å². The molecule has 1 aromatic heterocycles. The van der Waals surface area contributed by atoms with Gasteiger partial charge >= 0.3 is 0 Å². The molecule has 3 N–H and O–H groups in total. The SMILES string of the molecule is CC[C@H]1CN(c2ncc(NS(C)(=O)=O)cc2Cl)CCN1C1CCN(C(C(N)=O)c2ccc(Cl)cc2)CC1. The third-order valence-electron chi connectivity index (χ3n) is 7.21. The van der Waals surface area contributed by atoms with Gasteiger partial charge in [-0.15, -0.1) is 0 Å². The lowest BCUT2D eigenvalue weighted by atomic mass is 9.95. The van der Waals surface area contributed by atoms with Gasteiger partial charge in [0.25, 0.3) is 0 Å². The summed E-state index contributed by atoms with van der Waals surface area (Å²) in [6.45, 7) is 6.21. The van der Waals surface area contributed by atoms with Crippen molar-refractivity contribution in [3.05, 3.63) is 52.1 Å². The monoisotopic (exact) mass is 568 g/mol. The number of piperazine rings is 1. The number of rotatable bonds is 8. The van der Waals surface area contributed by atoms with Gasteiger partial charge in [-0.2, -0.15) is 0 Å². The minimum Gasteiger partial charge on any atom is -0.368 e. The Labute approximate surface area is 229 Å². The van der Waals surface area contributed by atoms with Gasteiger partial charge in [0.1, 0.15) is 11.9 Å². The minimum absolute atomic E-state index is 0.334. The molecule has 2 aromatic rings. The van der Waals surface area contributed by atoms with E-state index in [4.69, 9.17) is 28.9 Å². The molecule has 1 amide bonds. The number of amides is 1. The molecule has 0 spiro atoms. The number of nitrogens with zero attached hydrogens (tertiary/aromatic N) is 4. The van der Waals surface area contributed by atoms with Crippen LogP contribution in [0.25, 0.3) is 0 Å². The largest absolute Gasteiger partial charge is 0.368 e. The summed E-state index contributed by atoms with van der Waals surface area (Å²) in [5, 5.41) is 1.05. The first-order chi connectivity index (χ1) is 17.6. The number of piperidine rings is 1. The lowest BCUT2D eigenvalue weighted by Gasteiger charge is -2.48. The molecule has 2 saturated heterocycles. The molecule has 0 radical (unpaired) electrons. The molecule has 3 heterocycles. The standard InChI is InChI=1S/C25H34Cl2N6O3S/c1-3-20-16-32(25-22(27)14-19(15-29-25)30-37(2,35)36)12-13-33(20)21-8-10-31(11-9-21)23(24(28)34)17-4-6-18(26)7-5-17/h4-7,14-15,20-21,23,30H,3,8-13,16H2,1-2H3,(H2,28,34)/t20-,23?/m0/s1. The van der Waals surface area contributed by atoms with Crippen molar-refractivity contribution in [3.63, 3.8) is 0 Å². The average Bonchev–Trinajstić information content (AvgIpc) is 2.84. The van der Waals surface area contributed by atoms with E-state index in [1.807, 2.05) is 12.1 Å². The van der Waals surface area contributed by atoms with Crippen LogP contribution in [0.4, 0.5) is 11.5 Å². The third-order valence-corrected chi connectivity index (χ3v) is 8.35. The Balaban J connectivity index is 1.39. The molecular weight excluding hydrogens is 535 g/mol. The summed E-state index contributed by atoms with van der Waals surface area (Å²) in [5.74, 6) is 0.323. The Morgan fingerprint density at radius 3 is 2.41 bits per heavy atom. The molecule has 4 rings (SSSR count). The molecule has 9 nitrogen and oxygen atoms in total. The van der Waals surface area contributed by atoms with Crippen molar-refractivity contribution < 1.29 is 13.2 Å². The molecule has 0 bridgehead atoms. The zero-order valence-corrected chi connectivity index (χ0v) is 23.4. The maximum Gasteiger partial charge on any atom is 0.239 e. The fourth-order valence-corrected chi connectivity index (χ4v) is 6.47. The number of benzene rings is 1. The van der Waals surface area contributed by atoms with Gasteiger partial charge in [-0.3, -0.25) is 19.3 Å². The lowest BCUT2D eigenvalue weighted by Crippen LogP contribution is -2.59. The van der Waals surface area contributed by atoms with Crippen molar-refractivity contribution in [1.82, 2.24) is 14.8 Å². The Kier molecular flexibility index (Phi) is 8.85. The summed E-state index contributed by atoms with van der Waals surface area (Å²) in [6.07, 6.45) is 5.49. The second kappa shape index (κ2) is 11.7. The number of sulfonamides is 1. The molecule has 202 valence electrons. The maximum atomic E-state index is 12.3. The molecule has 2 atom stereocenters. The van der Waals surface area contributed by atoms with Crippen LogP contribution < -0.4 is 15.4 Å². The number of carbonyl (C=O) groups is 1. The van der Waals surface area contributed by atoms with Crippen LogP contribution >= 0.6 is 23.2 Å². The average molecular weight is 570 g/mol. The van der Waals surface area contributed by atoms with Crippen LogP contribution in [-0.2, 0) is 14.8 Å². The van der Waals surface area contributed by atoms with Crippen LogP contribution in [0.3, 0.4) is 0 Å². The van der Waals surface area contributed by atoms with Crippen LogP contribution in [0.5, 0.6) is 0 Å². The highest BCUT2D eigenvalue weighted by Crippen LogP contribution is 2.32. The Morgan fingerprint density at radius 1 is 1.16 bits per heavy atom. The number of carbonyl (C=O) groups excluding carboxylic acids is 1. The second-order valence-electron chi connectivity index (χ2n) is 9.77. The van der Waals surface area contributed by atoms with Gasteiger partial charge in [-0.1, -0.05) is 42.3 Å². The molecule has 12 heteroatoms. The molecule has 1 aromatic carbocycles. The van der Waals surface area contributed by atoms with Gasteiger partial charge in [0.15, 0.2) is 0 Å². The van der Waals surface area contributed by atoms with Gasteiger partial charge in [-0.05, 0) is 43.0 Å². The normalized spacial score (nSPS) is 21.1. The van der Waals surface area contributed by atoms with E-state index in [1.165, 1.54) is 6.20 Å². The number of primary amides is 1. The number of hydrogen-bond donors (Lipinski definition) is 2. The Bertz CT molecular complexity index is 1210. The van der Waals surface area contributed by atoms with Crippen LogP contribution in [0.1, 0.15) is 37.8 Å². The third kappa shape index (κ3) is 6.86. The summed E-state index contributed by atoms with van der Waals surface area (Å²) in [6, 6.07) is 9.24. The number of nitrogens with one attached hydrogen (secondary N) is 1. The van der Waals surface area contributed by atoms with Crippen molar-refractivity contribution in [3.8, 4) is 0 Å². The highest BCUT2D eigenvalue weighted by molar-refractivity contribution is 7.92. The van der Waals surface area contributed by atoms with Crippen LogP contribution in [0.15, 0.2) is 36.5 Å². The Morgan fingerprint density at radius 2 is 1.84 bits per heavy atom. The van der Waals surface area contributed by atoms with E-state index in [-0.39, 0.29) is 5.91 Å². The summed E-state index contributed by atoms with van der Waals surface area (Å²) in [7, 11) is -3.40. The van der Waals surface area contributed by atoms with E-state index in [1.54, 1.807) is 18.2 Å². The molecule has 37 heavy (non-hydrogen) atoms. The number of anilines is 2. The molecule has 2 aliphatic heterocycles. The van der Waals surface area contributed by atoms with E-state index in [9.17, 15) is 13.2 Å². The van der Waals surface area contributed by atoms with Crippen molar-refractivity contribution in [2.75, 3.05) is 48.6 Å². The van der Waals surface area contributed by atoms with Gasteiger partial charge in [-0.25, -0.2) is 13.4 Å². The predicted octanol–water partition coefficient (Wildman–Crippen LogP) is 3.35. The van der Waals surface area contributed by atoms with Crippen LogP contribution in [0, 0.1) is 0 Å². The van der Waals surface area contributed by atoms with Crippen molar-refractivity contribution in [1.29, 1.82) is 0 Å². The predicted molar refractivity (Wildman–Crippen MR) is 149 cm³/mol. The summed E-state index contributed by atoms with van der Waals surface area (Å²) in [4.78, 5) is 23.7. The molecule has 2 aliphatic rings. The maximum absolute atomic E-state index is 12.3. The zero-order chi connectivity index (χ0) is 26.7. The van der Waals surface area contributed by atoms with Crippen LogP contribution in [0.2, 0.25) is 10.0 Å². The fourth-order valence-electron chi connectivity index (χ4n) is 5.52.